The molecule has 0 aromatic carbocycles. The number of aliphatic imine (C=N–C) groups is 1. The maximum atomic E-state index is 5.69. The van der Waals surface area contributed by atoms with Crippen molar-refractivity contribution in [1.82, 2.24) is 10.2 Å². The first-order valence-electron chi connectivity index (χ1n) is 8.59. The summed E-state index contributed by atoms with van der Waals surface area (Å²) < 4.78 is 11.1. The van der Waals surface area contributed by atoms with Crippen LogP contribution in [0.15, 0.2) is 27.8 Å². The van der Waals surface area contributed by atoms with Gasteiger partial charge in [-0.2, -0.15) is 0 Å². The summed E-state index contributed by atoms with van der Waals surface area (Å²) in [6.45, 7) is 4.75. The lowest BCUT2D eigenvalue weighted by atomic mass is 10.1. The molecule has 0 spiro atoms. The van der Waals surface area contributed by atoms with E-state index in [9.17, 15) is 0 Å². The average molecular weight is 433 g/mol. The Morgan fingerprint density at radius 1 is 1.26 bits per heavy atom. The van der Waals surface area contributed by atoms with Crippen LogP contribution in [0.3, 0.4) is 0 Å². The number of nitrogens with one attached hydrogen (secondary N) is 1. The van der Waals surface area contributed by atoms with Crippen LogP contribution >= 0.6 is 24.0 Å². The van der Waals surface area contributed by atoms with E-state index in [-0.39, 0.29) is 24.0 Å². The Kier molecular flexibility index (Phi) is 8.22. The summed E-state index contributed by atoms with van der Waals surface area (Å²) in [5.41, 5.74) is 0. The molecule has 2 aliphatic heterocycles. The fraction of sp³-hybridized carbons (Fsp3) is 0.706. The Bertz CT molecular complexity index is 452. The highest BCUT2D eigenvalue weighted by Gasteiger charge is 2.18. The zero-order valence-corrected chi connectivity index (χ0v) is 16.0. The van der Waals surface area contributed by atoms with E-state index in [4.69, 9.17) is 14.1 Å². The SMILES string of the molecule is I.c1coc(CCNC(=NCC2CCCO2)N2CCCCC2)c1. The zero-order chi connectivity index (χ0) is 15.0. The first kappa shape index (κ1) is 18.6. The molecule has 2 saturated heterocycles. The van der Waals surface area contributed by atoms with E-state index in [1.54, 1.807) is 6.26 Å². The molecule has 3 heterocycles. The van der Waals surface area contributed by atoms with Crippen molar-refractivity contribution >= 4 is 29.9 Å². The minimum absolute atomic E-state index is 0. The summed E-state index contributed by atoms with van der Waals surface area (Å²) >= 11 is 0. The van der Waals surface area contributed by atoms with Gasteiger partial charge in [-0.25, -0.2) is 0 Å². The third-order valence-electron chi connectivity index (χ3n) is 4.36. The number of guanidine groups is 1. The second kappa shape index (κ2) is 10.2. The van der Waals surface area contributed by atoms with Crippen LogP contribution in [0, 0.1) is 0 Å². The molecule has 0 amide bonds. The summed E-state index contributed by atoms with van der Waals surface area (Å²) in [5, 5.41) is 3.51. The highest BCUT2D eigenvalue weighted by molar-refractivity contribution is 14.0. The quantitative estimate of drug-likeness (QED) is 0.441. The molecule has 1 unspecified atom stereocenters. The number of likely N-dealkylation sites (tertiary alicyclic amines) is 1. The van der Waals surface area contributed by atoms with Gasteiger partial charge in [0.05, 0.1) is 18.9 Å². The smallest absolute Gasteiger partial charge is 0.194 e. The number of hydrogen-bond acceptors (Lipinski definition) is 3. The Morgan fingerprint density at radius 3 is 2.83 bits per heavy atom. The number of piperidine rings is 1. The van der Waals surface area contributed by atoms with Crippen molar-refractivity contribution in [3.05, 3.63) is 24.2 Å². The van der Waals surface area contributed by atoms with Crippen molar-refractivity contribution in [3.8, 4) is 0 Å². The van der Waals surface area contributed by atoms with Crippen LogP contribution < -0.4 is 5.32 Å². The molecule has 130 valence electrons. The van der Waals surface area contributed by atoms with Crippen LogP contribution in [-0.2, 0) is 11.2 Å². The van der Waals surface area contributed by atoms with Crippen molar-refractivity contribution in [2.45, 2.75) is 44.6 Å². The van der Waals surface area contributed by atoms with Gasteiger partial charge >= 0.3 is 0 Å². The maximum Gasteiger partial charge on any atom is 0.194 e. The van der Waals surface area contributed by atoms with Gasteiger partial charge in [0, 0.05) is 32.7 Å². The van der Waals surface area contributed by atoms with Gasteiger partial charge in [-0.05, 0) is 44.2 Å². The molecule has 2 aliphatic rings. The Morgan fingerprint density at radius 2 is 2.13 bits per heavy atom. The van der Waals surface area contributed by atoms with Gasteiger partial charge in [0.15, 0.2) is 5.96 Å². The van der Waals surface area contributed by atoms with Crippen molar-refractivity contribution < 1.29 is 9.15 Å². The van der Waals surface area contributed by atoms with Crippen molar-refractivity contribution in [2.75, 3.05) is 32.8 Å². The van der Waals surface area contributed by atoms with Crippen molar-refractivity contribution in [2.24, 2.45) is 4.99 Å². The molecule has 1 atom stereocenters. The van der Waals surface area contributed by atoms with Gasteiger partial charge in [-0.3, -0.25) is 4.99 Å². The lowest BCUT2D eigenvalue weighted by Gasteiger charge is -2.30. The molecular weight excluding hydrogens is 405 g/mol. The number of hydrogen-bond donors (Lipinski definition) is 1. The minimum atomic E-state index is 0. The molecule has 0 aliphatic carbocycles. The highest BCUT2D eigenvalue weighted by atomic mass is 127. The number of halogens is 1. The van der Waals surface area contributed by atoms with E-state index in [1.807, 2.05) is 12.1 Å². The third-order valence-corrected chi connectivity index (χ3v) is 4.36. The van der Waals surface area contributed by atoms with Gasteiger partial charge in [0.1, 0.15) is 5.76 Å². The van der Waals surface area contributed by atoms with Crippen molar-refractivity contribution in [3.63, 3.8) is 0 Å². The fourth-order valence-electron chi connectivity index (χ4n) is 3.10. The second-order valence-corrected chi connectivity index (χ2v) is 6.10. The van der Waals surface area contributed by atoms with E-state index in [0.717, 1.165) is 57.3 Å². The van der Waals surface area contributed by atoms with Crippen LogP contribution in [0.25, 0.3) is 0 Å². The monoisotopic (exact) mass is 433 g/mol. The van der Waals surface area contributed by atoms with E-state index in [0.29, 0.717) is 6.10 Å². The molecule has 0 radical (unpaired) electrons. The molecule has 1 N–H and O–H groups in total. The molecule has 3 rings (SSSR count). The standard InChI is InChI=1S/C17H27N3O2.HI/c1-2-10-20(11-3-1)17(19-14-16-7-5-13-22-16)18-9-8-15-6-4-12-21-15;/h4,6,12,16H,1-3,5,7-11,13-14H2,(H,18,19);1H. The first-order chi connectivity index (χ1) is 10.9. The summed E-state index contributed by atoms with van der Waals surface area (Å²) in [7, 11) is 0. The summed E-state index contributed by atoms with van der Waals surface area (Å²) in [6, 6.07) is 3.96. The predicted molar refractivity (Wildman–Crippen MR) is 103 cm³/mol. The number of furan rings is 1. The Balaban J connectivity index is 0.00000192. The van der Waals surface area contributed by atoms with Crippen LogP contribution in [0.5, 0.6) is 0 Å². The maximum absolute atomic E-state index is 5.69. The normalized spacial score (nSPS) is 22.0. The molecule has 6 heteroatoms. The predicted octanol–water partition coefficient (Wildman–Crippen LogP) is 3.05. The Labute approximate surface area is 155 Å². The minimum Gasteiger partial charge on any atom is -0.469 e. The summed E-state index contributed by atoms with van der Waals surface area (Å²) in [5.74, 6) is 2.06. The van der Waals surface area contributed by atoms with Gasteiger partial charge in [-0.1, -0.05) is 0 Å². The van der Waals surface area contributed by atoms with Crippen molar-refractivity contribution in [1.29, 1.82) is 0 Å². The molecular formula is C17H28IN3O2. The largest absolute Gasteiger partial charge is 0.469 e. The van der Waals surface area contributed by atoms with E-state index in [1.165, 1.54) is 25.7 Å². The number of nitrogens with zero attached hydrogens (tertiary/aromatic N) is 2. The van der Waals surface area contributed by atoms with Gasteiger partial charge < -0.3 is 19.4 Å². The van der Waals surface area contributed by atoms with Crippen LogP contribution in [-0.4, -0.2) is 49.7 Å². The van der Waals surface area contributed by atoms with Gasteiger partial charge in [0.2, 0.25) is 0 Å². The molecule has 1 aromatic rings. The number of rotatable bonds is 5. The van der Waals surface area contributed by atoms with E-state index in [2.05, 4.69) is 10.2 Å². The highest BCUT2D eigenvalue weighted by Crippen LogP contribution is 2.13. The van der Waals surface area contributed by atoms with E-state index < -0.39 is 0 Å². The van der Waals surface area contributed by atoms with Gasteiger partial charge in [0.25, 0.3) is 0 Å². The Hall–Kier alpha value is -0.760. The molecule has 5 nitrogen and oxygen atoms in total. The van der Waals surface area contributed by atoms with Crippen LogP contribution in [0.2, 0.25) is 0 Å². The molecule has 0 bridgehead atoms. The second-order valence-electron chi connectivity index (χ2n) is 6.10. The molecule has 1 aromatic heterocycles. The van der Waals surface area contributed by atoms with E-state index >= 15 is 0 Å². The average Bonchev–Trinajstić information content (AvgIpc) is 3.25. The van der Waals surface area contributed by atoms with Gasteiger partial charge in [-0.15, -0.1) is 24.0 Å². The molecule has 23 heavy (non-hydrogen) atoms. The summed E-state index contributed by atoms with van der Waals surface area (Å²) in [6.07, 6.45) is 9.10. The lowest BCUT2D eigenvalue weighted by molar-refractivity contribution is 0.117. The molecule has 2 fully saturated rings. The number of ether oxygens (including phenoxy) is 1. The van der Waals surface area contributed by atoms with Crippen LogP contribution in [0.1, 0.15) is 37.9 Å². The fourth-order valence-corrected chi connectivity index (χ4v) is 3.10. The lowest BCUT2D eigenvalue weighted by Crippen LogP contribution is -2.45. The van der Waals surface area contributed by atoms with Crippen LogP contribution in [0.4, 0.5) is 0 Å². The zero-order valence-electron chi connectivity index (χ0n) is 13.7. The molecule has 0 saturated carbocycles. The summed E-state index contributed by atoms with van der Waals surface area (Å²) in [4.78, 5) is 7.21. The third kappa shape index (κ3) is 5.99. The first-order valence-corrected chi connectivity index (χ1v) is 8.59. The topological polar surface area (TPSA) is 50.0 Å².